The van der Waals surface area contributed by atoms with Gasteiger partial charge in [-0.15, -0.1) is 13.2 Å². The molecule has 9 heteroatoms. The normalized spacial score (nSPS) is 11.9. The molecule has 136 valence electrons. The Kier molecular flexibility index (Phi) is 5.46. The molecule has 2 rings (SSSR count). The Morgan fingerprint density at radius 1 is 1.04 bits per heavy atom. The van der Waals surface area contributed by atoms with Gasteiger partial charge in [-0.1, -0.05) is 12.1 Å². The van der Waals surface area contributed by atoms with Crippen molar-refractivity contribution >= 4 is 10.1 Å². The van der Waals surface area contributed by atoms with Crippen LogP contribution in [0.3, 0.4) is 0 Å². The Morgan fingerprint density at radius 2 is 1.68 bits per heavy atom. The van der Waals surface area contributed by atoms with Crippen LogP contribution in [0.2, 0.25) is 0 Å². The number of rotatable bonds is 6. The number of ether oxygens (including phenoxy) is 2. The van der Waals surface area contributed by atoms with Crippen LogP contribution in [0.4, 0.5) is 13.2 Å². The SMILES string of the molecule is CCOc1cc(C)cc(OS(=O)(=O)c2ccccc2OC(F)(F)F)c1. The van der Waals surface area contributed by atoms with Crippen LogP contribution in [0.5, 0.6) is 17.2 Å². The molecule has 2 aromatic carbocycles. The molecule has 0 atom stereocenters. The fourth-order valence-corrected chi connectivity index (χ4v) is 3.09. The minimum Gasteiger partial charge on any atom is -0.494 e. The van der Waals surface area contributed by atoms with Gasteiger partial charge in [0.25, 0.3) is 0 Å². The van der Waals surface area contributed by atoms with Gasteiger partial charge in [0, 0.05) is 6.07 Å². The standard InChI is InChI=1S/C16H15F3O5S/c1-3-22-12-8-11(2)9-13(10-12)24-25(20,21)15-7-5-4-6-14(15)23-16(17,18)19/h4-10H,3H2,1-2H3. The largest absolute Gasteiger partial charge is 0.573 e. The van der Waals surface area contributed by atoms with Crippen molar-refractivity contribution in [2.24, 2.45) is 0 Å². The van der Waals surface area contributed by atoms with E-state index in [2.05, 4.69) is 4.74 Å². The molecule has 0 spiro atoms. The third-order valence-electron chi connectivity index (χ3n) is 2.89. The minimum atomic E-state index is -5.03. The van der Waals surface area contributed by atoms with Crippen molar-refractivity contribution in [2.45, 2.75) is 25.1 Å². The summed E-state index contributed by atoms with van der Waals surface area (Å²) in [6.45, 7) is 3.81. The first kappa shape index (κ1) is 18.9. The first-order valence-electron chi connectivity index (χ1n) is 7.14. The Morgan fingerprint density at radius 3 is 2.32 bits per heavy atom. The third-order valence-corrected chi connectivity index (χ3v) is 4.17. The summed E-state index contributed by atoms with van der Waals surface area (Å²) < 4.78 is 76.1. The van der Waals surface area contributed by atoms with Gasteiger partial charge in [0.1, 0.15) is 16.4 Å². The number of halogens is 3. The van der Waals surface area contributed by atoms with Gasteiger partial charge in [0.15, 0.2) is 5.75 Å². The number of hydrogen-bond donors (Lipinski definition) is 0. The molecule has 0 heterocycles. The minimum absolute atomic E-state index is 0.0785. The van der Waals surface area contributed by atoms with E-state index in [-0.39, 0.29) is 5.75 Å². The van der Waals surface area contributed by atoms with Crippen molar-refractivity contribution in [1.29, 1.82) is 0 Å². The van der Waals surface area contributed by atoms with E-state index < -0.39 is 27.1 Å². The zero-order valence-electron chi connectivity index (χ0n) is 13.3. The molecule has 0 aliphatic heterocycles. The fourth-order valence-electron chi connectivity index (χ4n) is 2.05. The zero-order valence-corrected chi connectivity index (χ0v) is 14.1. The van der Waals surface area contributed by atoms with Gasteiger partial charge in [0.05, 0.1) is 6.61 Å². The van der Waals surface area contributed by atoms with Crippen LogP contribution < -0.4 is 13.7 Å². The highest BCUT2D eigenvalue weighted by molar-refractivity contribution is 7.87. The van der Waals surface area contributed by atoms with Crippen molar-refractivity contribution in [2.75, 3.05) is 6.61 Å². The number of benzene rings is 2. The van der Waals surface area contributed by atoms with Crippen molar-refractivity contribution in [3.63, 3.8) is 0 Å². The second kappa shape index (κ2) is 7.22. The second-order valence-electron chi connectivity index (χ2n) is 4.95. The van der Waals surface area contributed by atoms with Crippen molar-refractivity contribution in [1.82, 2.24) is 0 Å². The summed E-state index contributed by atoms with van der Waals surface area (Å²) in [6, 6.07) is 8.78. The van der Waals surface area contributed by atoms with Gasteiger partial charge >= 0.3 is 16.5 Å². The highest BCUT2D eigenvalue weighted by Crippen LogP contribution is 2.32. The summed E-state index contributed by atoms with van der Waals surface area (Å²) in [5.74, 6) is -0.564. The molecular weight excluding hydrogens is 361 g/mol. The number of para-hydroxylation sites is 1. The van der Waals surface area contributed by atoms with E-state index in [4.69, 9.17) is 8.92 Å². The summed E-state index contributed by atoms with van der Waals surface area (Å²) in [6.07, 6.45) is -5.03. The van der Waals surface area contributed by atoms with Gasteiger partial charge in [-0.25, -0.2) is 0 Å². The van der Waals surface area contributed by atoms with Gasteiger partial charge in [0.2, 0.25) is 0 Å². The van der Waals surface area contributed by atoms with Gasteiger partial charge in [-0.3, -0.25) is 0 Å². The quantitative estimate of drug-likeness (QED) is 0.712. The van der Waals surface area contributed by atoms with Crippen molar-refractivity contribution < 1.29 is 35.2 Å². The van der Waals surface area contributed by atoms with E-state index in [1.807, 2.05) is 0 Å². The molecular formula is C16H15F3O5S. The summed E-state index contributed by atoms with van der Waals surface area (Å²) in [4.78, 5) is -0.730. The molecule has 0 aliphatic rings. The van der Waals surface area contributed by atoms with Crippen LogP contribution in [-0.2, 0) is 10.1 Å². The maximum atomic E-state index is 12.5. The molecule has 0 radical (unpaired) electrons. The average Bonchev–Trinajstić information content (AvgIpc) is 2.45. The van der Waals surface area contributed by atoms with E-state index in [1.54, 1.807) is 19.9 Å². The molecule has 2 aromatic rings. The van der Waals surface area contributed by atoms with Crippen molar-refractivity contribution in [3.05, 3.63) is 48.0 Å². The Balaban J connectivity index is 2.37. The summed E-state index contributed by atoms with van der Waals surface area (Å²) in [5.41, 5.74) is 0.663. The lowest BCUT2D eigenvalue weighted by atomic mass is 10.2. The average molecular weight is 376 g/mol. The lowest BCUT2D eigenvalue weighted by Gasteiger charge is -2.14. The summed E-state index contributed by atoms with van der Waals surface area (Å²) in [5, 5.41) is 0. The van der Waals surface area contributed by atoms with Crippen LogP contribution >= 0.6 is 0 Å². The molecule has 0 saturated heterocycles. The molecule has 0 unspecified atom stereocenters. The molecule has 0 fully saturated rings. The maximum absolute atomic E-state index is 12.5. The predicted octanol–water partition coefficient (Wildman–Crippen LogP) is 4.06. The lowest BCUT2D eigenvalue weighted by molar-refractivity contribution is -0.275. The van der Waals surface area contributed by atoms with E-state index in [0.29, 0.717) is 17.9 Å². The van der Waals surface area contributed by atoms with Crippen LogP contribution in [0.25, 0.3) is 0 Å². The molecule has 25 heavy (non-hydrogen) atoms. The van der Waals surface area contributed by atoms with Gasteiger partial charge in [-0.2, -0.15) is 8.42 Å². The van der Waals surface area contributed by atoms with Gasteiger partial charge < -0.3 is 13.7 Å². The maximum Gasteiger partial charge on any atom is 0.573 e. The molecule has 0 N–H and O–H groups in total. The molecule has 0 saturated carbocycles. The number of hydrogen-bond acceptors (Lipinski definition) is 5. The predicted molar refractivity (Wildman–Crippen MR) is 83.3 cm³/mol. The second-order valence-corrected chi connectivity index (χ2v) is 6.46. The highest BCUT2D eigenvalue weighted by atomic mass is 32.2. The molecule has 0 aromatic heterocycles. The Bertz CT molecular complexity index is 847. The third kappa shape index (κ3) is 5.28. The number of alkyl halides is 3. The zero-order chi connectivity index (χ0) is 18.7. The summed E-state index contributed by atoms with van der Waals surface area (Å²) in [7, 11) is -4.55. The van der Waals surface area contributed by atoms with Crippen LogP contribution in [0, 0.1) is 6.92 Å². The Hall–Kier alpha value is -2.42. The smallest absolute Gasteiger partial charge is 0.494 e. The molecule has 0 amide bonds. The van der Waals surface area contributed by atoms with Gasteiger partial charge in [-0.05, 0) is 43.7 Å². The first-order valence-corrected chi connectivity index (χ1v) is 8.55. The molecule has 0 aliphatic carbocycles. The monoisotopic (exact) mass is 376 g/mol. The molecule has 0 bridgehead atoms. The lowest BCUT2D eigenvalue weighted by Crippen LogP contribution is -2.20. The van der Waals surface area contributed by atoms with Crippen LogP contribution in [-0.4, -0.2) is 21.4 Å². The van der Waals surface area contributed by atoms with Crippen molar-refractivity contribution in [3.8, 4) is 17.2 Å². The van der Waals surface area contributed by atoms with E-state index in [9.17, 15) is 21.6 Å². The Labute approximate surface area is 143 Å². The fraction of sp³-hybridized carbons (Fsp3) is 0.250. The highest BCUT2D eigenvalue weighted by Gasteiger charge is 2.34. The first-order chi connectivity index (χ1) is 11.6. The van der Waals surface area contributed by atoms with Crippen LogP contribution in [0.1, 0.15) is 12.5 Å². The summed E-state index contributed by atoms with van der Waals surface area (Å²) >= 11 is 0. The van der Waals surface area contributed by atoms with E-state index in [0.717, 1.165) is 12.1 Å². The van der Waals surface area contributed by atoms with E-state index >= 15 is 0 Å². The molecule has 5 nitrogen and oxygen atoms in total. The van der Waals surface area contributed by atoms with E-state index in [1.165, 1.54) is 24.3 Å². The van der Waals surface area contributed by atoms with Crippen LogP contribution in [0.15, 0.2) is 47.4 Å². The number of aryl methyl sites for hydroxylation is 1. The topological polar surface area (TPSA) is 61.8 Å².